The summed E-state index contributed by atoms with van der Waals surface area (Å²) in [6.07, 6.45) is 6.50. The van der Waals surface area contributed by atoms with Gasteiger partial charge in [-0.1, -0.05) is 54.3 Å². The average molecular weight is 248 g/mol. The third kappa shape index (κ3) is 2.51. The molecule has 0 saturated heterocycles. The van der Waals surface area contributed by atoms with E-state index in [9.17, 15) is 0 Å². The first-order valence-electron chi connectivity index (χ1n) is 4.95. The molecule has 0 aliphatic rings. The zero-order chi connectivity index (χ0) is 11.4. The van der Waals surface area contributed by atoms with Crippen LogP contribution in [0.15, 0.2) is 42.7 Å². The highest BCUT2D eigenvalue weighted by atomic mass is 32.2. The number of hydrogen-bond donors (Lipinski definition) is 0. The summed E-state index contributed by atoms with van der Waals surface area (Å²) in [5.41, 5.74) is 1.25. The Morgan fingerprint density at radius 2 is 2.12 bits per heavy atom. The first kappa shape index (κ1) is 11.4. The molecule has 16 heavy (non-hydrogen) atoms. The molecule has 1 aromatic heterocycles. The van der Waals surface area contributed by atoms with Crippen molar-refractivity contribution in [1.29, 1.82) is 0 Å². The Kier molecular flexibility index (Phi) is 3.74. The first-order chi connectivity index (χ1) is 7.81. The summed E-state index contributed by atoms with van der Waals surface area (Å²) >= 11 is 6.83. The van der Waals surface area contributed by atoms with E-state index in [1.165, 1.54) is 5.56 Å². The highest BCUT2D eigenvalue weighted by molar-refractivity contribution is 8.22. The second-order valence-electron chi connectivity index (χ2n) is 3.35. The van der Waals surface area contributed by atoms with Crippen molar-refractivity contribution in [2.24, 2.45) is 0 Å². The Morgan fingerprint density at radius 3 is 2.81 bits per heavy atom. The smallest absolute Gasteiger partial charge is 0.145 e. The zero-order valence-corrected chi connectivity index (χ0v) is 10.6. The molecule has 0 radical (unpaired) electrons. The van der Waals surface area contributed by atoms with Gasteiger partial charge in [0.15, 0.2) is 0 Å². The van der Waals surface area contributed by atoms with Gasteiger partial charge in [0.05, 0.1) is 0 Å². The minimum absolute atomic E-state index is 0.814. The Morgan fingerprint density at radius 1 is 1.38 bits per heavy atom. The van der Waals surface area contributed by atoms with E-state index in [0.29, 0.717) is 0 Å². The van der Waals surface area contributed by atoms with Crippen LogP contribution in [-0.4, -0.2) is 20.1 Å². The van der Waals surface area contributed by atoms with Gasteiger partial charge in [0, 0.05) is 18.8 Å². The SMILES string of the molecule is CSC(=S)n1ccnc1Cc1ccccc1. The van der Waals surface area contributed by atoms with Gasteiger partial charge in [0.25, 0.3) is 0 Å². The summed E-state index contributed by atoms with van der Waals surface area (Å²) < 4.78 is 2.80. The number of thioether (sulfide) groups is 1. The second kappa shape index (κ2) is 5.27. The van der Waals surface area contributed by atoms with E-state index in [4.69, 9.17) is 12.2 Å². The molecule has 82 valence electrons. The van der Waals surface area contributed by atoms with E-state index in [0.717, 1.165) is 16.6 Å². The van der Waals surface area contributed by atoms with E-state index < -0.39 is 0 Å². The maximum absolute atomic E-state index is 5.27. The summed E-state index contributed by atoms with van der Waals surface area (Å²) in [5.74, 6) is 0.991. The van der Waals surface area contributed by atoms with Gasteiger partial charge in [-0.3, -0.25) is 4.57 Å². The van der Waals surface area contributed by atoms with Crippen molar-refractivity contribution in [3.05, 3.63) is 54.1 Å². The van der Waals surface area contributed by atoms with Crippen LogP contribution >= 0.6 is 24.0 Å². The van der Waals surface area contributed by atoms with Gasteiger partial charge in [-0.25, -0.2) is 4.98 Å². The van der Waals surface area contributed by atoms with Crippen LogP contribution in [0.2, 0.25) is 0 Å². The van der Waals surface area contributed by atoms with E-state index in [1.807, 2.05) is 35.2 Å². The van der Waals surface area contributed by atoms with Crippen molar-refractivity contribution in [1.82, 2.24) is 9.55 Å². The standard InChI is InChI=1S/C12H12N2S2/c1-16-12(15)14-8-7-13-11(14)9-10-5-3-2-4-6-10/h2-8H,9H2,1H3. The molecule has 2 rings (SSSR count). The molecule has 0 saturated carbocycles. The van der Waals surface area contributed by atoms with Crippen LogP contribution < -0.4 is 0 Å². The number of hydrogen-bond acceptors (Lipinski definition) is 3. The minimum atomic E-state index is 0.814. The van der Waals surface area contributed by atoms with Gasteiger partial charge in [-0.05, 0) is 11.8 Å². The molecule has 0 atom stereocenters. The monoisotopic (exact) mass is 248 g/mol. The summed E-state index contributed by atoms with van der Waals surface area (Å²) in [7, 11) is 0. The molecule has 1 aromatic carbocycles. The quantitative estimate of drug-likeness (QED) is 0.761. The number of thiocarbonyl (C=S) groups is 1. The molecule has 0 aliphatic heterocycles. The normalized spacial score (nSPS) is 10.3. The molecule has 0 spiro atoms. The number of imidazole rings is 1. The highest BCUT2D eigenvalue weighted by Gasteiger charge is 2.06. The first-order valence-corrected chi connectivity index (χ1v) is 6.59. The van der Waals surface area contributed by atoms with Crippen molar-refractivity contribution < 1.29 is 0 Å². The maximum Gasteiger partial charge on any atom is 0.145 e. The van der Waals surface area contributed by atoms with Crippen LogP contribution in [0.25, 0.3) is 0 Å². The van der Waals surface area contributed by atoms with Crippen LogP contribution in [0.3, 0.4) is 0 Å². The van der Waals surface area contributed by atoms with E-state index in [-0.39, 0.29) is 0 Å². The zero-order valence-electron chi connectivity index (χ0n) is 8.96. The number of nitrogens with zero attached hydrogens (tertiary/aromatic N) is 2. The van der Waals surface area contributed by atoms with Crippen LogP contribution in [0, 0.1) is 0 Å². The second-order valence-corrected chi connectivity index (χ2v) is 4.79. The minimum Gasteiger partial charge on any atom is -0.289 e. The van der Waals surface area contributed by atoms with Gasteiger partial charge >= 0.3 is 0 Å². The third-order valence-corrected chi connectivity index (χ3v) is 3.54. The molecule has 0 fully saturated rings. The molecule has 2 aromatic rings. The number of aromatic nitrogens is 2. The fourth-order valence-corrected chi connectivity index (χ4v) is 2.04. The lowest BCUT2D eigenvalue weighted by molar-refractivity contribution is 0.968. The molecule has 0 unspecified atom stereocenters. The average Bonchev–Trinajstić information content (AvgIpc) is 2.77. The molecule has 0 aliphatic carbocycles. The summed E-state index contributed by atoms with van der Waals surface area (Å²) in [6.45, 7) is 0. The van der Waals surface area contributed by atoms with Gasteiger partial charge in [-0.15, -0.1) is 0 Å². The third-order valence-electron chi connectivity index (χ3n) is 2.29. The van der Waals surface area contributed by atoms with Crippen LogP contribution in [0.1, 0.15) is 11.4 Å². The van der Waals surface area contributed by atoms with E-state index >= 15 is 0 Å². The predicted molar refractivity (Wildman–Crippen MR) is 73.0 cm³/mol. The Hall–Kier alpha value is -1.13. The Bertz CT molecular complexity index is 477. The van der Waals surface area contributed by atoms with E-state index in [1.54, 1.807) is 18.0 Å². The Balaban J connectivity index is 2.22. The molecule has 0 N–H and O–H groups in total. The number of rotatable bonds is 2. The summed E-state index contributed by atoms with van der Waals surface area (Å²) in [6, 6.07) is 10.3. The van der Waals surface area contributed by atoms with Crippen LogP contribution in [0.4, 0.5) is 0 Å². The van der Waals surface area contributed by atoms with Gasteiger partial charge in [-0.2, -0.15) is 0 Å². The summed E-state index contributed by atoms with van der Waals surface area (Å²) in [4.78, 5) is 4.34. The summed E-state index contributed by atoms with van der Waals surface area (Å²) in [5, 5.41) is 0. The highest BCUT2D eigenvalue weighted by Crippen LogP contribution is 2.11. The largest absolute Gasteiger partial charge is 0.289 e. The topological polar surface area (TPSA) is 17.8 Å². The lowest BCUT2D eigenvalue weighted by atomic mass is 10.1. The molecular weight excluding hydrogens is 236 g/mol. The molecule has 0 bridgehead atoms. The molecule has 0 amide bonds. The number of benzene rings is 1. The van der Waals surface area contributed by atoms with Crippen molar-refractivity contribution >= 4 is 28.3 Å². The van der Waals surface area contributed by atoms with Crippen molar-refractivity contribution in [2.75, 3.05) is 6.26 Å². The van der Waals surface area contributed by atoms with Crippen molar-refractivity contribution in [2.45, 2.75) is 6.42 Å². The van der Waals surface area contributed by atoms with Gasteiger partial charge in [0.2, 0.25) is 0 Å². The fourth-order valence-electron chi connectivity index (χ4n) is 1.51. The van der Waals surface area contributed by atoms with Crippen LogP contribution in [-0.2, 0) is 6.42 Å². The van der Waals surface area contributed by atoms with Crippen LogP contribution in [0.5, 0.6) is 0 Å². The molecule has 4 heteroatoms. The molecular formula is C12H12N2S2. The lowest BCUT2D eigenvalue weighted by Gasteiger charge is -2.06. The predicted octanol–water partition coefficient (Wildman–Crippen LogP) is 2.97. The molecule has 2 nitrogen and oxygen atoms in total. The van der Waals surface area contributed by atoms with Crippen molar-refractivity contribution in [3.63, 3.8) is 0 Å². The van der Waals surface area contributed by atoms with Gasteiger partial charge < -0.3 is 0 Å². The lowest BCUT2D eigenvalue weighted by Crippen LogP contribution is -2.08. The Labute approximate surface area is 105 Å². The maximum atomic E-state index is 5.27. The molecule has 1 heterocycles. The van der Waals surface area contributed by atoms with E-state index in [2.05, 4.69) is 17.1 Å². The van der Waals surface area contributed by atoms with Gasteiger partial charge in [0.1, 0.15) is 10.1 Å². The fraction of sp³-hybridized carbons (Fsp3) is 0.167. The van der Waals surface area contributed by atoms with Crippen molar-refractivity contribution in [3.8, 4) is 0 Å².